The summed E-state index contributed by atoms with van der Waals surface area (Å²) < 4.78 is 7.65. The lowest BCUT2D eigenvalue weighted by Gasteiger charge is -2.48. The molecule has 0 N–H and O–H groups in total. The van der Waals surface area contributed by atoms with Crippen LogP contribution in [0.15, 0.2) is 267 Å². The molecule has 0 amide bonds. The second-order valence-electron chi connectivity index (χ2n) is 36.0. The Bertz CT molecular complexity index is 5300. The molecule has 0 saturated heterocycles. The van der Waals surface area contributed by atoms with Crippen LogP contribution in [-0.2, 0) is 27.1 Å². The Morgan fingerprint density at radius 1 is 0.324 bits per heavy atom. The predicted molar refractivity (Wildman–Crippen MR) is 454 cm³/mol. The van der Waals surface area contributed by atoms with E-state index in [1.54, 1.807) is 0 Å². The number of hydrogen-bond donors (Lipinski definition) is 0. The van der Waals surface area contributed by atoms with Gasteiger partial charge in [-0.1, -0.05) is 336 Å². The number of benzene rings is 12. The molecular weight excluding hydrogens is 1270 g/mol. The zero-order valence-corrected chi connectivity index (χ0v) is 64.9. The minimum Gasteiger partial charge on any atom is -0.458 e. The maximum Gasteiger partial charge on any atom is 0.256 e. The third-order valence-electron chi connectivity index (χ3n) is 23.3. The zero-order chi connectivity index (χ0) is 73.6. The molecule has 0 bridgehead atoms. The fourth-order valence-electron chi connectivity index (χ4n) is 16.8. The van der Waals surface area contributed by atoms with Crippen molar-refractivity contribution in [2.75, 3.05) is 14.7 Å². The van der Waals surface area contributed by atoms with Crippen LogP contribution in [0, 0.1) is 5.41 Å². The summed E-state index contributed by atoms with van der Waals surface area (Å²) in [5, 5.41) is 0. The highest BCUT2D eigenvalue weighted by molar-refractivity contribution is 7.00. The molecule has 6 heteroatoms. The van der Waals surface area contributed by atoms with E-state index in [-0.39, 0.29) is 51.7 Å². The fourth-order valence-corrected chi connectivity index (χ4v) is 16.8. The van der Waals surface area contributed by atoms with E-state index in [1.165, 1.54) is 77.4 Å². The van der Waals surface area contributed by atoms with Gasteiger partial charge < -0.3 is 19.4 Å². The fraction of sp³-hybridized carbons (Fsp3) is 0.253. The Kier molecular flexibility index (Phi) is 16.6. The van der Waals surface area contributed by atoms with Crippen molar-refractivity contribution in [3.05, 3.63) is 295 Å². The van der Waals surface area contributed by atoms with Crippen molar-refractivity contribution in [3.8, 4) is 67.1 Å². The molecule has 522 valence electrons. The molecule has 16 rings (SSSR count). The summed E-state index contributed by atoms with van der Waals surface area (Å²) in [5.74, 6) is 1.87. The molecule has 0 fully saturated rings. The highest BCUT2D eigenvalue weighted by Gasteiger charge is 2.50. The summed E-state index contributed by atoms with van der Waals surface area (Å²) >= 11 is 0. The van der Waals surface area contributed by atoms with E-state index < -0.39 is 0 Å². The standard InChI is InChI=1S/C99H99B2N3O/c1-63-99(17,18)48-49-102(83-45-32-31-42-77(83)64-34-23-19-24-35-64)86-54-69(67-50-72(95(5,6)7)58-73(51-67)96(8,9)10)55-87-91(86)100(63)81-61-82-84(62-85(81)104(87)93-78(65-36-25-20-26-37-65)43-33-44-79(93)66-38-27-21-28-39-66)103(76-40-29-22-30-41-76)88-56-70(68-52-74(97(11,12)13)59-75(53-68)98(14,15)16)57-90-92(88)101(82)80-47-46-71(94(2,3)4)60-89(80)105-90/h19-63H,1-18H3/b49-48+/t63-/m1/s1. The Labute approximate surface area is 626 Å². The van der Waals surface area contributed by atoms with E-state index in [0.717, 1.165) is 90.4 Å². The lowest BCUT2D eigenvalue weighted by molar-refractivity contribution is 0.456. The highest BCUT2D eigenvalue weighted by atomic mass is 16.5. The van der Waals surface area contributed by atoms with Crippen molar-refractivity contribution in [1.29, 1.82) is 0 Å². The van der Waals surface area contributed by atoms with Crippen molar-refractivity contribution in [2.24, 2.45) is 5.41 Å². The highest BCUT2D eigenvalue weighted by Crippen LogP contribution is 2.55. The van der Waals surface area contributed by atoms with Crippen LogP contribution in [-0.4, -0.2) is 13.4 Å². The van der Waals surface area contributed by atoms with Crippen LogP contribution in [0.5, 0.6) is 11.5 Å². The van der Waals surface area contributed by atoms with E-state index in [4.69, 9.17) is 4.74 Å². The van der Waals surface area contributed by atoms with Crippen LogP contribution < -0.4 is 46.8 Å². The second-order valence-corrected chi connectivity index (χ2v) is 36.0. The monoisotopic (exact) mass is 1370 g/mol. The SMILES string of the molecule is C[C@H]1B2c3cc4c(cc3N(c3c(-c5ccccc5)cccc3-c3ccccc3)c3cc(-c5cc(C(C)(C)C)cc(C(C)(C)C)c5)cc(c32)N(c2ccccc2-c2ccccc2)/C=C/C1(C)C)N(c1ccccc1)c1cc(-c2cc(C(C)(C)C)cc(C(C)(C)C)c2)cc2c1B4c1ccc(C(C)(C)C)cc1O2. The number of hydrogen-bond acceptors (Lipinski definition) is 4. The quantitative estimate of drug-likeness (QED) is 0.141. The van der Waals surface area contributed by atoms with Crippen LogP contribution in [0.3, 0.4) is 0 Å². The molecule has 0 radical (unpaired) electrons. The van der Waals surface area contributed by atoms with Crippen molar-refractivity contribution < 1.29 is 4.74 Å². The van der Waals surface area contributed by atoms with Gasteiger partial charge in [0.15, 0.2) is 0 Å². The Morgan fingerprint density at radius 3 is 1.29 bits per heavy atom. The molecule has 0 aromatic heterocycles. The average molecular weight is 1370 g/mol. The Balaban J connectivity index is 1.09. The molecular formula is C99H99B2N3O. The molecule has 105 heavy (non-hydrogen) atoms. The molecule has 4 heterocycles. The Hall–Kier alpha value is -10.3. The van der Waals surface area contributed by atoms with Crippen molar-refractivity contribution >= 4 is 86.2 Å². The Morgan fingerprint density at radius 2 is 0.762 bits per heavy atom. The maximum atomic E-state index is 7.65. The summed E-state index contributed by atoms with van der Waals surface area (Å²) in [4.78, 5) is 7.93. The van der Waals surface area contributed by atoms with Crippen molar-refractivity contribution in [1.82, 2.24) is 0 Å². The third-order valence-corrected chi connectivity index (χ3v) is 23.3. The first-order chi connectivity index (χ1) is 49.9. The summed E-state index contributed by atoms with van der Waals surface area (Å²) in [7, 11) is 0. The average Bonchev–Trinajstić information content (AvgIpc) is 0.687. The van der Waals surface area contributed by atoms with Gasteiger partial charge in [-0.3, -0.25) is 0 Å². The maximum absolute atomic E-state index is 7.65. The van der Waals surface area contributed by atoms with Gasteiger partial charge in [-0.25, -0.2) is 0 Å². The first kappa shape index (κ1) is 69.1. The third kappa shape index (κ3) is 12.2. The normalized spacial score (nSPS) is 15.6. The molecule has 4 aliphatic rings. The van der Waals surface area contributed by atoms with E-state index in [1.807, 2.05) is 0 Å². The van der Waals surface area contributed by atoms with E-state index in [0.29, 0.717) is 0 Å². The molecule has 0 aliphatic carbocycles. The molecule has 0 saturated carbocycles. The summed E-state index contributed by atoms with van der Waals surface area (Å²) in [6.07, 6.45) is 4.95. The van der Waals surface area contributed by atoms with Crippen LogP contribution in [0.1, 0.15) is 152 Å². The minimum absolute atomic E-state index is 0.0645. The van der Waals surface area contributed by atoms with Gasteiger partial charge in [-0.05, 0) is 182 Å². The number of ether oxygens (including phenoxy) is 1. The van der Waals surface area contributed by atoms with Gasteiger partial charge in [-0.15, -0.1) is 0 Å². The van der Waals surface area contributed by atoms with Crippen LogP contribution in [0.4, 0.5) is 45.5 Å². The number of rotatable bonds is 8. The van der Waals surface area contributed by atoms with Gasteiger partial charge in [0, 0.05) is 57.0 Å². The lowest BCUT2D eigenvalue weighted by atomic mass is 9.27. The smallest absolute Gasteiger partial charge is 0.256 e. The predicted octanol–water partition coefficient (Wildman–Crippen LogP) is 24.4. The zero-order valence-electron chi connectivity index (χ0n) is 64.9. The minimum atomic E-state index is -0.342. The van der Waals surface area contributed by atoms with E-state index in [9.17, 15) is 0 Å². The van der Waals surface area contributed by atoms with Crippen molar-refractivity contribution in [3.63, 3.8) is 0 Å². The molecule has 0 unspecified atom stereocenters. The van der Waals surface area contributed by atoms with Gasteiger partial charge in [0.05, 0.1) is 11.4 Å². The van der Waals surface area contributed by atoms with Crippen molar-refractivity contribution in [2.45, 2.75) is 158 Å². The number of anilines is 8. The molecule has 0 spiro atoms. The molecule has 12 aromatic carbocycles. The van der Waals surface area contributed by atoms with Gasteiger partial charge in [0.2, 0.25) is 6.71 Å². The second kappa shape index (κ2) is 25.2. The van der Waals surface area contributed by atoms with Gasteiger partial charge in [0.1, 0.15) is 11.5 Å². The summed E-state index contributed by atoms with van der Waals surface area (Å²) in [5.41, 5.74) is 32.4. The van der Waals surface area contributed by atoms with E-state index in [2.05, 4.69) is 406 Å². The number of nitrogens with zero attached hydrogens (tertiary/aromatic N) is 3. The molecule has 12 aromatic rings. The van der Waals surface area contributed by atoms with Crippen LogP contribution >= 0.6 is 0 Å². The molecule has 4 nitrogen and oxygen atoms in total. The lowest BCUT2D eigenvalue weighted by Crippen LogP contribution is -2.62. The van der Waals surface area contributed by atoms with Gasteiger partial charge in [0.25, 0.3) is 6.71 Å². The van der Waals surface area contributed by atoms with Crippen LogP contribution in [0.25, 0.3) is 55.6 Å². The van der Waals surface area contributed by atoms with Gasteiger partial charge >= 0.3 is 0 Å². The molecule has 1 atom stereocenters. The number of fused-ring (bicyclic) bond motifs is 6. The summed E-state index contributed by atoms with van der Waals surface area (Å²) in [6.45, 7) is 42.3. The van der Waals surface area contributed by atoms with Gasteiger partial charge in [-0.2, -0.15) is 0 Å². The number of allylic oxidation sites excluding steroid dienone is 1. The largest absolute Gasteiger partial charge is 0.458 e. The topological polar surface area (TPSA) is 19.0 Å². The first-order valence-corrected chi connectivity index (χ1v) is 38.1. The van der Waals surface area contributed by atoms with E-state index >= 15 is 0 Å². The first-order valence-electron chi connectivity index (χ1n) is 38.1. The number of para-hydroxylation sites is 3. The van der Waals surface area contributed by atoms with Crippen LogP contribution in [0.2, 0.25) is 5.82 Å². The molecule has 4 aliphatic heterocycles. The summed E-state index contributed by atoms with van der Waals surface area (Å²) in [6, 6.07) is 97.9.